The number of anilines is 1. The molecule has 1 aliphatic heterocycles. The minimum atomic E-state index is -0.379. The van der Waals surface area contributed by atoms with Gasteiger partial charge in [0.2, 0.25) is 0 Å². The van der Waals surface area contributed by atoms with Crippen LogP contribution in [0.25, 0.3) is 0 Å². The first kappa shape index (κ1) is 16.7. The fourth-order valence-corrected chi connectivity index (χ4v) is 2.05. The molecule has 2 rings (SSSR count). The van der Waals surface area contributed by atoms with E-state index in [-0.39, 0.29) is 11.8 Å². The molecule has 2 N–H and O–H groups in total. The van der Waals surface area contributed by atoms with E-state index >= 15 is 0 Å². The van der Waals surface area contributed by atoms with E-state index in [2.05, 4.69) is 10.6 Å². The van der Waals surface area contributed by atoms with Crippen molar-refractivity contribution < 1.29 is 18.7 Å². The van der Waals surface area contributed by atoms with Gasteiger partial charge >= 0.3 is 6.03 Å². The van der Waals surface area contributed by atoms with Crippen LogP contribution < -0.4 is 10.6 Å². The fraction of sp³-hybridized carbons (Fsp3) is 0.533. The number of nitrogens with zero attached hydrogens (tertiary/aromatic N) is 1. The van der Waals surface area contributed by atoms with Gasteiger partial charge in [-0.25, -0.2) is 9.18 Å². The number of benzene rings is 1. The van der Waals surface area contributed by atoms with E-state index in [9.17, 15) is 9.18 Å². The number of nitrogens with one attached hydrogen (secondary N) is 2. The van der Waals surface area contributed by atoms with Crippen molar-refractivity contribution in [2.75, 3.05) is 51.5 Å². The third kappa shape index (κ3) is 5.25. The van der Waals surface area contributed by atoms with E-state index < -0.39 is 0 Å². The number of hydrogen-bond donors (Lipinski definition) is 2. The molecule has 0 spiro atoms. The standard InChI is InChI=1S/C15H22FN3O3/c1-12-2-3-13(16)10-14(12)18-15(20)19-5-8-21-7-4-17-11-22-9-6-19/h2-3,10,17H,4-9,11H2,1H3,(H,18,20). The molecule has 1 heterocycles. The summed E-state index contributed by atoms with van der Waals surface area (Å²) in [4.78, 5) is 14.0. The number of aryl methyl sites for hydroxylation is 1. The van der Waals surface area contributed by atoms with E-state index in [0.717, 1.165) is 5.56 Å². The highest BCUT2D eigenvalue weighted by molar-refractivity contribution is 5.90. The average Bonchev–Trinajstić information content (AvgIpc) is 2.56. The second-order valence-electron chi connectivity index (χ2n) is 5.04. The van der Waals surface area contributed by atoms with Gasteiger partial charge < -0.3 is 19.7 Å². The van der Waals surface area contributed by atoms with Gasteiger partial charge in [-0.05, 0) is 24.6 Å². The van der Waals surface area contributed by atoms with Crippen molar-refractivity contribution in [3.63, 3.8) is 0 Å². The minimum absolute atomic E-state index is 0.284. The molecule has 2 amide bonds. The lowest BCUT2D eigenvalue weighted by atomic mass is 10.2. The molecule has 0 saturated carbocycles. The smallest absolute Gasteiger partial charge is 0.322 e. The van der Waals surface area contributed by atoms with Gasteiger partial charge in [-0.3, -0.25) is 5.32 Å². The Labute approximate surface area is 129 Å². The maximum Gasteiger partial charge on any atom is 0.322 e. The van der Waals surface area contributed by atoms with Crippen LogP contribution in [0, 0.1) is 12.7 Å². The molecule has 1 fully saturated rings. The first-order valence-electron chi connectivity index (χ1n) is 7.35. The van der Waals surface area contributed by atoms with Gasteiger partial charge in [-0.15, -0.1) is 0 Å². The lowest BCUT2D eigenvalue weighted by Gasteiger charge is -2.23. The molecule has 0 atom stereocenters. The second kappa shape index (κ2) is 8.67. The Hall–Kier alpha value is -1.70. The van der Waals surface area contributed by atoms with Crippen molar-refractivity contribution >= 4 is 11.7 Å². The number of rotatable bonds is 1. The number of carbonyl (C=O) groups excluding carboxylic acids is 1. The second-order valence-corrected chi connectivity index (χ2v) is 5.04. The zero-order chi connectivity index (χ0) is 15.8. The van der Waals surface area contributed by atoms with Crippen LogP contribution >= 0.6 is 0 Å². The maximum absolute atomic E-state index is 13.3. The van der Waals surface area contributed by atoms with Gasteiger partial charge in [0.1, 0.15) is 5.82 Å². The van der Waals surface area contributed by atoms with E-state index in [1.165, 1.54) is 12.1 Å². The normalized spacial score (nSPS) is 17.6. The molecular formula is C15H22FN3O3. The molecule has 1 aromatic carbocycles. The Balaban J connectivity index is 1.96. The molecule has 0 aromatic heterocycles. The van der Waals surface area contributed by atoms with Crippen molar-refractivity contribution in [2.45, 2.75) is 6.92 Å². The van der Waals surface area contributed by atoms with Gasteiger partial charge in [0.15, 0.2) is 0 Å². The van der Waals surface area contributed by atoms with Crippen LogP contribution in [-0.4, -0.2) is 57.1 Å². The fourth-order valence-electron chi connectivity index (χ4n) is 2.05. The van der Waals surface area contributed by atoms with E-state index in [1.807, 2.05) is 6.92 Å². The van der Waals surface area contributed by atoms with Crippen LogP contribution in [-0.2, 0) is 9.47 Å². The van der Waals surface area contributed by atoms with E-state index in [1.54, 1.807) is 11.0 Å². The van der Waals surface area contributed by atoms with Crippen molar-refractivity contribution in [3.05, 3.63) is 29.6 Å². The Morgan fingerprint density at radius 3 is 2.86 bits per heavy atom. The quantitative estimate of drug-likeness (QED) is 0.826. The zero-order valence-electron chi connectivity index (χ0n) is 12.7. The maximum atomic E-state index is 13.3. The summed E-state index contributed by atoms with van der Waals surface area (Å²) in [6, 6.07) is 4.03. The topological polar surface area (TPSA) is 62.8 Å². The number of urea groups is 1. The molecule has 22 heavy (non-hydrogen) atoms. The molecule has 7 heteroatoms. The molecule has 1 aromatic rings. The minimum Gasteiger partial charge on any atom is -0.378 e. The van der Waals surface area contributed by atoms with Crippen LogP contribution in [0.4, 0.5) is 14.9 Å². The first-order chi connectivity index (χ1) is 10.7. The summed E-state index contributed by atoms with van der Waals surface area (Å²) in [6.45, 7) is 5.34. The summed E-state index contributed by atoms with van der Waals surface area (Å²) in [5.74, 6) is -0.379. The third-order valence-electron chi connectivity index (χ3n) is 3.37. The molecule has 1 saturated heterocycles. The lowest BCUT2D eigenvalue weighted by Crippen LogP contribution is -2.39. The number of ether oxygens (including phenoxy) is 2. The molecule has 0 unspecified atom stereocenters. The summed E-state index contributed by atoms with van der Waals surface area (Å²) in [7, 11) is 0. The summed E-state index contributed by atoms with van der Waals surface area (Å²) in [5, 5.41) is 5.81. The predicted molar refractivity (Wildman–Crippen MR) is 81.4 cm³/mol. The summed E-state index contributed by atoms with van der Waals surface area (Å²) >= 11 is 0. The van der Waals surface area contributed by atoms with E-state index in [0.29, 0.717) is 51.9 Å². The SMILES string of the molecule is Cc1ccc(F)cc1NC(=O)N1CCOCCNCOCC1. The molecule has 0 aliphatic carbocycles. The van der Waals surface area contributed by atoms with Gasteiger partial charge in [-0.1, -0.05) is 6.07 Å². The van der Waals surface area contributed by atoms with Crippen molar-refractivity contribution in [1.82, 2.24) is 10.2 Å². The van der Waals surface area contributed by atoms with Crippen molar-refractivity contribution in [2.24, 2.45) is 0 Å². The van der Waals surface area contributed by atoms with Gasteiger partial charge in [-0.2, -0.15) is 0 Å². The van der Waals surface area contributed by atoms with Gasteiger partial charge in [0.05, 0.1) is 26.6 Å². The van der Waals surface area contributed by atoms with Gasteiger partial charge in [0.25, 0.3) is 0 Å². The van der Waals surface area contributed by atoms with E-state index in [4.69, 9.17) is 9.47 Å². The number of halogens is 1. The molecule has 0 radical (unpaired) electrons. The Kier molecular flexibility index (Phi) is 6.57. The third-order valence-corrected chi connectivity index (χ3v) is 3.37. The molecule has 1 aliphatic rings. The van der Waals surface area contributed by atoms with Crippen LogP contribution in [0.15, 0.2) is 18.2 Å². The summed E-state index contributed by atoms with van der Waals surface area (Å²) in [5.41, 5.74) is 1.28. The molecular weight excluding hydrogens is 289 g/mol. The average molecular weight is 311 g/mol. The summed E-state index contributed by atoms with van der Waals surface area (Å²) in [6.07, 6.45) is 0. The van der Waals surface area contributed by atoms with Crippen LogP contribution in [0.1, 0.15) is 5.56 Å². The molecule has 122 valence electrons. The van der Waals surface area contributed by atoms with Gasteiger partial charge in [0, 0.05) is 25.3 Å². The molecule has 6 nitrogen and oxygen atoms in total. The number of carbonyl (C=O) groups is 1. The Morgan fingerprint density at radius 1 is 1.27 bits per heavy atom. The highest BCUT2D eigenvalue weighted by Crippen LogP contribution is 2.16. The molecule has 0 bridgehead atoms. The van der Waals surface area contributed by atoms with Crippen LogP contribution in [0.3, 0.4) is 0 Å². The van der Waals surface area contributed by atoms with Crippen LogP contribution in [0.2, 0.25) is 0 Å². The zero-order valence-corrected chi connectivity index (χ0v) is 12.7. The first-order valence-corrected chi connectivity index (χ1v) is 7.35. The van der Waals surface area contributed by atoms with Crippen LogP contribution in [0.5, 0.6) is 0 Å². The number of hydrogen-bond acceptors (Lipinski definition) is 4. The Morgan fingerprint density at radius 2 is 2.05 bits per heavy atom. The largest absolute Gasteiger partial charge is 0.378 e. The van der Waals surface area contributed by atoms with Crippen molar-refractivity contribution in [3.8, 4) is 0 Å². The highest BCUT2D eigenvalue weighted by Gasteiger charge is 2.15. The number of amides is 2. The van der Waals surface area contributed by atoms with Crippen molar-refractivity contribution in [1.29, 1.82) is 0 Å². The Bertz CT molecular complexity index is 487. The monoisotopic (exact) mass is 311 g/mol. The lowest BCUT2D eigenvalue weighted by molar-refractivity contribution is 0.101. The highest BCUT2D eigenvalue weighted by atomic mass is 19.1. The predicted octanol–water partition coefficient (Wildman–Crippen LogP) is 1.56. The summed E-state index contributed by atoms with van der Waals surface area (Å²) < 4.78 is 24.1.